The third kappa shape index (κ3) is 4.64. The van der Waals surface area contributed by atoms with E-state index in [1.807, 2.05) is 0 Å². The zero-order valence-corrected chi connectivity index (χ0v) is 17.6. The predicted molar refractivity (Wildman–Crippen MR) is 113 cm³/mol. The van der Waals surface area contributed by atoms with Gasteiger partial charge in [0.2, 0.25) is 0 Å². The second-order valence-electron chi connectivity index (χ2n) is 8.47. The SMILES string of the molecule is CC1CCC(c2ccc(-c3ccc(COc4cc(F)c(F)c(F)c4)cc3)c(F)c2F)CC1. The Morgan fingerprint density at radius 1 is 0.750 bits per heavy atom. The first-order valence-electron chi connectivity index (χ1n) is 10.7. The van der Waals surface area contributed by atoms with Gasteiger partial charge < -0.3 is 4.74 Å². The highest BCUT2D eigenvalue weighted by atomic mass is 19.2. The minimum absolute atomic E-state index is 0.0271. The number of hydrogen-bond donors (Lipinski definition) is 0. The van der Waals surface area contributed by atoms with Gasteiger partial charge in [0.25, 0.3) is 0 Å². The molecule has 1 aliphatic carbocycles. The van der Waals surface area contributed by atoms with E-state index in [-0.39, 0.29) is 23.8 Å². The van der Waals surface area contributed by atoms with Crippen LogP contribution in [-0.2, 0) is 6.61 Å². The van der Waals surface area contributed by atoms with Gasteiger partial charge in [-0.25, -0.2) is 22.0 Å². The molecule has 1 saturated carbocycles. The number of rotatable bonds is 5. The Labute approximate surface area is 183 Å². The lowest BCUT2D eigenvalue weighted by atomic mass is 9.79. The lowest BCUT2D eigenvalue weighted by Crippen LogP contribution is -2.13. The van der Waals surface area contributed by atoms with Crippen LogP contribution < -0.4 is 4.74 Å². The fraction of sp³-hybridized carbons (Fsp3) is 0.308. The van der Waals surface area contributed by atoms with Crippen LogP contribution in [0.4, 0.5) is 22.0 Å². The molecule has 1 fully saturated rings. The summed E-state index contributed by atoms with van der Waals surface area (Å²) in [6, 6.07) is 11.4. The molecule has 0 aromatic heterocycles. The van der Waals surface area contributed by atoms with E-state index < -0.39 is 29.1 Å². The van der Waals surface area contributed by atoms with Gasteiger partial charge in [-0.15, -0.1) is 0 Å². The molecule has 0 saturated heterocycles. The minimum atomic E-state index is -1.56. The largest absolute Gasteiger partial charge is 0.489 e. The van der Waals surface area contributed by atoms with Crippen LogP contribution in [0.2, 0.25) is 0 Å². The predicted octanol–water partition coefficient (Wildman–Crippen LogP) is 7.92. The molecular formula is C26H23F5O. The second-order valence-corrected chi connectivity index (χ2v) is 8.47. The van der Waals surface area contributed by atoms with Crippen LogP contribution in [0.15, 0.2) is 48.5 Å². The highest BCUT2D eigenvalue weighted by molar-refractivity contribution is 5.65. The second kappa shape index (κ2) is 9.31. The highest BCUT2D eigenvalue weighted by Gasteiger charge is 2.25. The van der Waals surface area contributed by atoms with Crippen molar-refractivity contribution in [2.75, 3.05) is 0 Å². The first-order chi connectivity index (χ1) is 15.3. The molecule has 3 aromatic rings. The van der Waals surface area contributed by atoms with Gasteiger partial charge in [-0.2, -0.15) is 0 Å². The Hall–Kier alpha value is -2.89. The van der Waals surface area contributed by atoms with E-state index in [9.17, 15) is 22.0 Å². The van der Waals surface area contributed by atoms with E-state index in [0.717, 1.165) is 37.8 Å². The molecule has 1 aliphatic rings. The van der Waals surface area contributed by atoms with Crippen molar-refractivity contribution in [1.82, 2.24) is 0 Å². The van der Waals surface area contributed by atoms with Crippen molar-refractivity contribution >= 4 is 0 Å². The summed E-state index contributed by atoms with van der Waals surface area (Å²) in [6.45, 7) is 2.15. The molecule has 0 amide bonds. The average molecular weight is 446 g/mol. The summed E-state index contributed by atoms with van der Waals surface area (Å²) in [4.78, 5) is 0. The maximum Gasteiger partial charge on any atom is 0.194 e. The molecule has 1 nitrogen and oxygen atoms in total. The van der Waals surface area contributed by atoms with Crippen LogP contribution in [-0.4, -0.2) is 0 Å². The van der Waals surface area contributed by atoms with E-state index in [1.54, 1.807) is 36.4 Å². The molecule has 0 atom stereocenters. The van der Waals surface area contributed by atoms with Gasteiger partial charge in [0.05, 0.1) is 0 Å². The molecule has 0 unspecified atom stereocenters. The number of ether oxygens (including phenoxy) is 1. The third-order valence-electron chi connectivity index (χ3n) is 6.20. The number of hydrogen-bond acceptors (Lipinski definition) is 1. The Morgan fingerprint density at radius 2 is 1.38 bits per heavy atom. The van der Waals surface area contributed by atoms with Crippen LogP contribution in [0.1, 0.15) is 49.7 Å². The van der Waals surface area contributed by atoms with Crippen molar-refractivity contribution in [2.45, 2.75) is 45.1 Å². The summed E-state index contributed by atoms with van der Waals surface area (Å²) in [7, 11) is 0. The minimum Gasteiger partial charge on any atom is -0.489 e. The Bertz CT molecular complexity index is 1080. The smallest absolute Gasteiger partial charge is 0.194 e. The van der Waals surface area contributed by atoms with Crippen molar-refractivity contribution in [3.63, 3.8) is 0 Å². The van der Waals surface area contributed by atoms with Gasteiger partial charge in [0.1, 0.15) is 12.4 Å². The quantitative estimate of drug-likeness (QED) is 0.286. The van der Waals surface area contributed by atoms with Gasteiger partial charge in [-0.3, -0.25) is 0 Å². The molecule has 0 N–H and O–H groups in total. The highest BCUT2D eigenvalue weighted by Crippen LogP contribution is 2.38. The van der Waals surface area contributed by atoms with Crippen LogP contribution >= 0.6 is 0 Å². The molecule has 4 rings (SSSR count). The first-order valence-corrected chi connectivity index (χ1v) is 10.7. The Kier molecular flexibility index (Phi) is 6.49. The fourth-order valence-electron chi connectivity index (χ4n) is 4.24. The summed E-state index contributed by atoms with van der Waals surface area (Å²) in [5.41, 5.74) is 1.77. The van der Waals surface area contributed by atoms with Crippen LogP contribution in [0.3, 0.4) is 0 Å². The molecule has 0 aliphatic heterocycles. The molecule has 0 radical (unpaired) electrons. The molecular weight excluding hydrogens is 423 g/mol. The maximum atomic E-state index is 14.9. The Morgan fingerprint density at radius 3 is 2.00 bits per heavy atom. The molecule has 0 spiro atoms. The van der Waals surface area contributed by atoms with Crippen molar-refractivity contribution < 1.29 is 26.7 Å². The molecule has 32 heavy (non-hydrogen) atoms. The number of halogens is 5. The van der Waals surface area contributed by atoms with E-state index in [0.29, 0.717) is 22.6 Å². The molecule has 3 aromatic carbocycles. The molecule has 6 heteroatoms. The number of benzene rings is 3. The standard InChI is InChI=1S/C26H23F5O/c1-15-2-6-17(7-3-15)20-10-11-21(25(30)24(20)29)18-8-4-16(5-9-18)14-32-19-12-22(27)26(31)23(28)13-19/h4-5,8-13,15,17H,2-3,6-7,14H2,1H3. The van der Waals surface area contributed by atoms with Crippen LogP contribution in [0.5, 0.6) is 5.75 Å². The normalized spacial score (nSPS) is 18.6. The van der Waals surface area contributed by atoms with Gasteiger partial charge in [-0.05, 0) is 41.4 Å². The molecule has 0 heterocycles. The van der Waals surface area contributed by atoms with E-state index in [2.05, 4.69) is 6.92 Å². The van der Waals surface area contributed by atoms with Gasteiger partial charge in [-0.1, -0.05) is 56.2 Å². The van der Waals surface area contributed by atoms with Gasteiger partial charge in [0, 0.05) is 17.7 Å². The van der Waals surface area contributed by atoms with Crippen molar-refractivity contribution in [3.8, 4) is 16.9 Å². The van der Waals surface area contributed by atoms with Crippen molar-refractivity contribution in [2.24, 2.45) is 5.92 Å². The zero-order chi connectivity index (χ0) is 22.8. The van der Waals surface area contributed by atoms with E-state index >= 15 is 0 Å². The fourth-order valence-corrected chi connectivity index (χ4v) is 4.24. The lowest BCUT2D eigenvalue weighted by Gasteiger charge is -2.27. The summed E-state index contributed by atoms with van der Waals surface area (Å²) in [5, 5.41) is 0. The van der Waals surface area contributed by atoms with E-state index in [1.165, 1.54) is 0 Å². The Balaban J connectivity index is 1.47. The maximum absolute atomic E-state index is 14.9. The van der Waals surface area contributed by atoms with Crippen LogP contribution in [0.25, 0.3) is 11.1 Å². The average Bonchev–Trinajstić information content (AvgIpc) is 2.79. The summed E-state index contributed by atoms with van der Waals surface area (Å²) >= 11 is 0. The third-order valence-corrected chi connectivity index (χ3v) is 6.20. The summed E-state index contributed by atoms with van der Waals surface area (Å²) in [5.74, 6) is -5.33. The lowest BCUT2D eigenvalue weighted by molar-refractivity contribution is 0.299. The molecule has 0 bridgehead atoms. The van der Waals surface area contributed by atoms with Crippen molar-refractivity contribution in [1.29, 1.82) is 0 Å². The summed E-state index contributed by atoms with van der Waals surface area (Å²) in [6.07, 6.45) is 3.78. The van der Waals surface area contributed by atoms with E-state index in [4.69, 9.17) is 4.74 Å². The van der Waals surface area contributed by atoms with Gasteiger partial charge >= 0.3 is 0 Å². The first kappa shape index (κ1) is 22.3. The topological polar surface area (TPSA) is 9.23 Å². The molecule has 168 valence electrons. The monoisotopic (exact) mass is 446 g/mol. The summed E-state index contributed by atoms with van der Waals surface area (Å²) < 4.78 is 74.6. The van der Waals surface area contributed by atoms with Crippen LogP contribution in [0, 0.1) is 35.0 Å². The van der Waals surface area contributed by atoms with Gasteiger partial charge in [0.15, 0.2) is 29.1 Å². The zero-order valence-electron chi connectivity index (χ0n) is 17.6. The van der Waals surface area contributed by atoms with Crippen molar-refractivity contribution in [3.05, 3.63) is 88.7 Å².